The van der Waals surface area contributed by atoms with Gasteiger partial charge in [0.05, 0.1) is 10.6 Å². The van der Waals surface area contributed by atoms with Crippen LogP contribution in [0.1, 0.15) is 47.2 Å². The van der Waals surface area contributed by atoms with Crippen molar-refractivity contribution in [3.8, 4) is 0 Å². The summed E-state index contributed by atoms with van der Waals surface area (Å²) in [6, 6.07) is 12.5. The van der Waals surface area contributed by atoms with E-state index in [1.54, 1.807) is 18.2 Å². The van der Waals surface area contributed by atoms with E-state index < -0.39 is 0 Å². The lowest BCUT2D eigenvalue weighted by Gasteiger charge is -2.16. The molecule has 1 saturated heterocycles. The summed E-state index contributed by atoms with van der Waals surface area (Å²) >= 11 is 6.14. The monoisotopic (exact) mass is 440 g/mol. The quantitative estimate of drug-likeness (QED) is 0.613. The molecule has 0 aromatic heterocycles. The van der Waals surface area contributed by atoms with E-state index in [0.29, 0.717) is 35.8 Å². The van der Waals surface area contributed by atoms with Gasteiger partial charge in [-0.2, -0.15) is 0 Å². The standard InChI is InChI=1S/C23H25ClN4O3/c24-20-9-8-18(12-19(20)22(30)26-17-6-7-17)27-23(31)25-13-15-3-1-4-16(11-15)14-28-10-2-5-21(28)29/h1,3-4,8-9,11-12,17H,2,5-7,10,13-14H2,(H,26,30)(H2,25,27,31). The fraction of sp³-hybridized carbons (Fsp3) is 0.348. The number of nitrogens with zero attached hydrogens (tertiary/aromatic N) is 1. The van der Waals surface area contributed by atoms with Crippen LogP contribution in [0.3, 0.4) is 0 Å². The van der Waals surface area contributed by atoms with E-state index >= 15 is 0 Å². The van der Waals surface area contributed by atoms with Crippen LogP contribution in [0.4, 0.5) is 10.5 Å². The topological polar surface area (TPSA) is 90.5 Å². The fourth-order valence-corrected chi connectivity index (χ4v) is 3.76. The maximum Gasteiger partial charge on any atom is 0.319 e. The Balaban J connectivity index is 1.31. The molecule has 4 amide bonds. The number of benzene rings is 2. The summed E-state index contributed by atoms with van der Waals surface area (Å²) in [5, 5.41) is 8.80. The number of hydrogen-bond acceptors (Lipinski definition) is 3. The van der Waals surface area contributed by atoms with E-state index in [2.05, 4.69) is 16.0 Å². The van der Waals surface area contributed by atoms with Crippen molar-refractivity contribution in [2.45, 2.75) is 44.8 Å². The predicted octanol–water partition coefficient (Wildman–Crippen LogP) is 3.68. The molecule has 0 radical (unpaired) electrons. The first-order valence-electron chi connectivity index (χ1n) is 10.5. The first-order chi connectivity index (χ1) is 15.0. The van der Waals surface area contributed by atoms with Gasteiger partial charge in [-0.15, -0.1) is 0 Å². The third kappa shape index (κ3) is 5.76. The third-order valence-electron chi connectivity index (χ3n) is 5.37. The molecule has 0 spiro atoms. The molecule has 2 aromatic rings. The largest absolute Gasteiger partial charge is 0.349 e. The Kier molecular flexibility index (Phi) is 6.42. The zero-order valence-electron chi connectivity index (χ0n) is 17.1. The molecule has 0 bridgehead atoms. The van der Waals surface area contributed by atoms with Gasteiger partial charge in [0, 0.05) is 37.8 Å². The van der Waals surface area contributed by atoms with Crippen LogP contribution in [0.15, 0.2) is 42.5 Å². The van der Waals surface area contributed by atoms with Crippen LogP contribution in [-0.4, -0.2) is 35.3 Å². The van der Waals surface area contributed by atoms with Crippen molar-refractivity contribution >= 4 is 35.1 Å². The minimum atomic E-state index is -0.379. The van der Waals surface area contributed by atoms with Crippen molar-refractivity contribution in [1.82, 2.24) is 15.5 Å². The third-order valence-corrected chi connectivity index (χ3v) is 5.70. The van der Waals surface area contributed by atoms with Crippen LogP contribution in [0.2, 0.25) is 5.02 Å². The van der Waals surface area contributed by atoms with Gasteiger partial charge in [0.25, 0.3) is 5.91 Å². The van der Waals surface area contributed by atoms with E-state index in [0.717, 1.165) is 36.9 Å². The van der Waals surface area contributed by atoms with Crippen LogP contribution >= 0.6 is 11.6 Å². The molecule has 4 rings (SSSR count). The van der Waals surface area contributed by atoms with E-state index in [9.17, 15) is 14.4 Å². The van der Waals surface area contributed by atoms with Gasteiger partial charge in [-0.3, -0.25) is 9.59 Å². The Labute approximate surface area is 186 Å². The van der Waals surface area contributed by atoms with Crippen molar-refractivity contribution in [3.05, 3.63) is 64.2 Å². The molecule has 2 fully saturated rings. The van der Waals surface area contributed by atoms with Gasteiger partial charge >= 0.3 is 6.03 Å². The first-order valence-corrected chi connectivity index (χ1v) is 10.9. The summed E-state index contributed by atoms with van der Waals surface area (Å²) in [6.07, 6.45) is 3.50. The molecule has 2 aromatic carbocycles. The van der Waals surface area contributed by atoms with E-state index in [1.807, 2.05) is 29.2 Å². The number of carbonyl (C=O) groups excluding carboxylic acids is 3. The maximum atomic E-state index is 12.3. The summed E-state index contributed by atoms with van der Waals surface area (Å²) < 4.78 is 0. The van der Waals surface area contributed by atoms with E-state index in [4.69, 9.17) is 11.6 Å². The lowest BCUT2D eigenvalue weighted by molar-refractivity contribution is -0.128. The lowest BCUT2D eigenvalue weighted by Crippen LogP contribution is -2.29. The second-order valence-corrected chi connectivity index (χ2v) is 8.40. The molecular weight excluding hydrogens is 416 g/mol. The Morgan fingerprint density at radius 3 is 2.65 bits per heavy atom. The Bertz CT molecular complexity index is 1010. The molecule has 8 heteroatoms. The molecule has 31 heavy (non-hydrogen) atoms. The molecule has 1 saturated carbocycles. The Morgan fingerprint density at radius 2 is 1.90 bits per heavy atom. The molecule has 2 aliphatic rings. The minimum Gasteiger partial charge on any atom is -0.349 e. The van der Waals surface area contributed by atoms with Crippen LogP contribution in [0.5, 0.6) is 0 Å². The molecular formula is C23H25ClN4O3. The molecule has 7 nitrogen and oxygen atoms in total. The summed E-state index contributed by atoms with van der Waals surface area (Å²) in [7, 11) is 0. The maximum absolute atomic E-state index is 12.3. The predicted molar refractivity (Wildman–Crippen MR) is 119 cm³/mol. The van der Waals surface area contributed by atoms with Crippen molar-refractivity contribution in [1.29, 1.82) is 0 Å². The molecule has 0 unspecified atom stereocenters. The molecule has 3 N–H and O–H groups in total. The first kappa shape index (κ1) is 21.2. The van der Waals surface area contributed by atoms with Crippen LogP contribution < -0.4 is 16.0 Å². The number of urea groups is 1. The van der Waals surface area contributed by atoms with Gasteiger partial charge in [-0.1, -0.05) is 35.9 Å². The lowest BCUT2D eigenvalue weighted by atomic mass is 10.1. The molecule has 0 atom stereocenters. The average Bonchev–Trinajstić information content (AvgIpc) is 3.48. The molecule has 162 valence electrons. The van der Waals surface area contributed by atoms with E-state index in [1.165, 1.54) is 0 Å². The van der Waals surface area contributed by atoms with E-state index in [-0.39, 0.29) is 23.9 Å². The minimum absolute atomic E-state index is 0.191. The smallest absolute Gasteiger partial charge is 0.319 e. The number of amides is 4. The van der Waals surface area contributed by atoms with Gasteiger partial charge in [-0.05, 0) is 48.6 Å². The zero-order valence-corrected chi connectivity index (χ0v) is 17.9. The molecule has 1 aliphatic carbocycles. The Hall–Kier alpha value is -3.06. The van der Waals surface area contributed by atoms with Crippen molar-refractivity contribution in [3.63, 3.8) is 0 Å². The SMILES string of the molecule is O=C(NCc1cccc(CN2CCCC2=O)c1)Nc1ccc(Cl)c(C(=O)NC2CC2)c1. The van der Waals surface area contributed by atoms with Gasteiger partial charge in [-0.25, -0.2) is 4.79 Å². The summed E-state index contributed by atoms with van der Waals surface area (Å²) in [6.45, 7) is 1.73. The highest BCUT2D eigenvalue weighted by Crippen LogP contribution is 2.24. The summed E-state index contributed by atoms with van der Waals surface area (Å²) in [5.74, 6) is -0.0408. The second kappa shape index (κ2) is 9.39. The summed E-state index contributed by atoms with van der Waals surface area (Å²) in [4.78, 5) is 38.3. The number of carbonyl (C=O) groups is 3. The van der Waals surface area contributed by atoms with Crippen molar-refractivity contribution in [2.24, 2.45) is 0 Å². The number of hydrogen-bond donors (Lipinski definition) is 3. The van der Waals surface area contributed by atoms with Gasteiger partial charge < -0.3 is 20.9 Å². The zero-order chi connectivity index (χ0) is 21.8. The second-order valence-electron chi connectivity index (χ2n) is 7.99. The van der Waals surface area contributed by atoms with Gasteiger partial charge in [0.2, 0.25) is 5.91 Å². The normalized spacial score (nSPS) is 15.6. The van der Waals surface area contributed by atoms with Crippen LogP contribution in [-0.2, 0) is 17.9 Å². The van der Waals surface area contributed by atoms with Gasteiger partial charge in [0.1, 0.15) is 0 Å². The number of halogens is 1. The molecule has 1 heterocycles. The van der Waals surface area contributed by atoms with Crippen molar-refractivity contribution < 1.29 is 14.4 Å². The number of likely N-dealkylation sites (tertiary alicyclic amines) is 1. The highest BCUT2D eigenvalue weighted by Gasteiger charge is 2.25. The van der Waals surface area contributed by atoms with Crippen molar-refractivity contribution in [2.75, 3.05) is 11.9 Å². The van der Waals surface area contributed by atoms with Crippen LogP contribution in [0.25, 0.3) is 0 Å². The summed E-state index contributed by atoms with van der Waals surface area (Å²) in [5.41, 5.74) is 2.82. The fourth-order valence-electron chi connectivity index (χ4n) is 3.56. The number of anilines is 1. The number of rotatable bonds is 7. The number of nitrogens with one attached hydrogen (secondary N) is 3. The van der Waals surface area contributed by atoms with Gasteiger partial charge in [0.15, 0.2) is 0 Å². The molecule has 1 aliphatic heterocycles. The average molecular weight is 441 g/mol. The highest BCUT2D eigenvalue weighted by molar-refractivity contribution is 6.34. The van der Waals surface area contributed by atoms with Crippen LogP contribution in [0, 0.1) is 0 Å². The Morgan fingerprint density at radius 1 is 1.10 bits per heavy atom. The highest BCUT2D eigenvalue weighted by atomic mass is 35.5.